The summed E-state index contributed by atoms with van der Waals surface area (Å²) in [5.41, 5.74) is 2.47. The number of nitrogens with one attached hydrogen (secondary N) is 1. The van der Waals surface area contributed by atoms with Crippen molar-refractivity contribution >= 4 is 5.91 Å². The third kappa shape index (κ3) is 7.18. The molecule has 0 bridgehead atoms. The van der Waals surface area contributed by atoms with Gasteiger partial charge in [-0.1, -0.05) is 48.5 Å². The maximum absolute atomic E-state index is 12.2. The number of carbonyl (C=O) groups excluding carboxylic acids is 1. The topological polar surface area (TPSA) is 44.8 Å². The minimum atomic E-state index is 0.110. The van der Waals surface area contributed by atoms with Gasteiger partial charge in [0.1, 0.15) is 5.75 Å². The lowest BCUT2D eigenvalue weighted by Gasteiger charge is -2.34. The maximum atomic E-state index is 12.2. The molecule has 0 unspecified atom stereocenters. The highest BCUT2D eigenvalue weighted by molar-refractivity contribution is 5.76. The van der Waals surface area contributed by atoms with Gasteiger partial charge in [0.05, 0.1) is 6.61 Å². The van der Waals surface area contributed by atoms with E-state index in [0.717, 1.165) is 50.6 Å². The summed E-state index contributed by atoms with van der Waals surface area (Å²) in [4.78, 5) is 17.1. The van der Waals surface area contributed by atoms with Crippen LogP contribution in [0.1, 0.15) is 24.5 Å². The molecule has 156 valence electrons. The van der Waals surface area contributed by atoms with Crippen LogP contribution in [0, 0.1) is 0 Å². The Morgan fingerprint density at radius 1 is 0.966 bits per heavy atom. The molecule has 0 saturated carbocycles. The molecular weight excluding hydrogens is 362 g/mol. The summed E-state index contributed by atoms with van der Waals surface area (Å²) >= 11 is 0. The molecule has 1 saturated heterocycles. The molecule has 0 aromatic heterocycles. The fourth-order valence-corrected chi connectivity index (χ4v) is 3.71. The highest BCUT2D eigenvalue weighted by Crippen LogP contribution is 2.19. The van der Waals surface area contributed by atoms with Crippen molar-refractivity contribution in [1.29, 1.82) is 0 Å². The van der Waals surface area contributed by atoms with Gasteiger partial charge in [-0.25, -0.2) is 0 Å². The van der Waals surface area contributed by atoms with E-state index in [9.17, 15) is 4.79 Å². The number of carbonyl (C=O) groups is 1. The smallest absolute Gasteiger partial charge is 0.220 e. The van der Waals surface area contributed by atoms with E-state index in [-0.39, 0.29) is 5.91 Å². The van der Waals surface area contributed by atoms with Crippen LogP contribution in [0.25, 0.3) is 0 Å². The van der Waals surface area contributed by atoms with Crippen molar-refractivity contribution in [2.45, 2.75) is 26.3 Å². The van der Waals surface area contributed by atoms with E-state index < -0.39 is 0 Å². The first kappa shape index (κ1) is 21.3. The number of benzene rings is 2. The van der Waals surface area contributed by atoms with Crippen molar-refractivity contribution in [3.8, 4) is 5.75 Å². The van der Waals surface area contributed by atoms with Crippen LogP contribution in [0.3, 0.4) is 0 Å². The Morgan fingerprint density at radius 2 is 1.66 bits per heavy atom. The summed E-state index contributed by atoms with van der Waals surface area (Å²) < 4.78 is 5.63. The van der Waals surface area contributed by atoms with E-state index >= 15 is 0 Å². The van der Waals surface area contributed by atoms with Crippen LogP contribution in [0.15, 0.2) is 54.6 Å². The molecule has 5 heteroatoms. The molecule has 0 radical (unpaired) electrons. The van der Waals surface area contributed by atoms with Gasteiger partial charge in [0.2, 0.25) is 5.91 Å². The second-order valence-corrected chi connectivity index (χ2v) is 7.49. The van der Waals surface area contributed by atoms with Crippen LogP contribution in [0.2, 0.25) is 0 Å². The fourth-order valence-electron chi connectivity index (χ4n) is 3.71. The standard InChI is InChI=1S/C24H33N3O2/c1-2-29-23-11-7-6-10-22(23)12-13-24(28)25-14-15-26-16-18-27(19-17-26)20-21-8-4-3-5-9-21/h3-11H,2,12-20H2,1H3,(H,25,28). The van der Waals surface area contributed by atoms with Gasteiger partial charge in [0, 0.05) is 52.2 Å². The van der Waals surface area contributed by atoms with Gasteiger partial charge in [-0.3, -0.25) is 14.6 Å². The van der Waals surface area contributed by atoms with Gasteiger partial charge in [0.25, 0.3) is 0 Å². The molecule has 0 aliphatic carbocycles. The molecule has 1 aliphatic heterocycles. The van der Waals surface area contributed by atoms with Gasteiger partial charge in [-0.05, 0) is 30.5 Å². The Bertz CT molecular complexity index is 743. The molecule has 1 aliphatic rings. The Balaban J connectivity index is 1.30. The molecule has 1 amide bonds. The highest BCUT2D eigenvalue weighted by atomic mass is 16.5. The van der Waals surface area contributed by atoms with Gasteiger partial charge >= 0.3 is 0 Å². The Morgan fingerprint density at radius 3 is 2.41 bits per heavy atom. The number of amides is 1. The molecule has 1 heterocycles. The van der Waals surface area contributed by atoms with Crippen LogP contribution < -0.4 is 10.1 Å². The number of aryl methyl sites for hydroxylation is 1. The summed E-state index contributed by atoms with van der Waals surface area (Å²) in [6, 6.07) is 18.6. The average Bonchev–Trinajstić information content (AvgIpc) is 2.75. The van der Waals surface area contributed by atoms with Crippen molar-refractivity contribution < 1.29 is 9.53 Å². The monoisotopic (exact) mass is 395 g/mol. The number of ether oxygens (including phenoxy) is 1. The number of hydrogen-bond acceptors (Lipinski definition) is 4. The molecule has 29 heavy (non-hydrogen) atoms. The summed E-state index contributed by atoms with van der Waals surface area (Å²) in [5.74, 6) is 0.996. The summed E-state index contributed by atoms with van der Waals surface area (Å²) in [6.45, 7) is 9.55. The van der Waals surface area contributed by atoms with Crippen molar-refractivity contribution in [2.24, 2.45) is 0 Å². The lowest BCUT2D eigenvalue weighted by molar-refractivity contribution is -0.121. The van der Waals surface area contributed by atoms with Gasteiger partial charge in [-0.15, -0.1) is 0 Å². The van der Waals surface area contributed by atoms with Crippen molar-refractivity contribution in [2.75, 3.05) is 45.9 Å². The summed E-state index contributed by atoms with van der Waals surface area (Å²) in [6.07, 6.45) is 1.20. The predicted molar refractivity (Wildman–Crippen MR) is 117 cm³/mol. The molecular formula is C24H33N3O2. The van der Waals surface area contributed by atoms with Crippen LogP contribution in [0.5, 0.6) is 5.75 Å². The van der Waals surface area contributed by atoms with E-state index in [1.165, 1.54) is 5.56 Å². The Kier molecular flexibility index (Phi) is 8.53. The van der Waals surface area contributed by atoms with E-state index in [4.69, 9.17) is 4.74 Å². The van der Waals surface area contributed by atoms with Gasteiger partial charge in [-0.2, -0.15) is 0 Å². The molecule has 1 N–H and O–H groups in total. The molecule has 2 aromatic carbocycles. The molecule has 0 spiro atoms. The van der Waals surface area contributed by atoms with Crippen molar-refractivity contribution in [1.82, 2.24) is 15.1 Å². The number of piperazine rings is 1. The lowest BCUT2D eigenvalue weighted by Crippen LogP contribution is -2.48. The van der Waals surface area contributed by atoms with E-state index in [1.807, 2.05) is 31.2 Å². The second-order valence-electron chi connectivity index (χ2n) is 7.49. The number of rotatable bonds is 10. The van der Waals surface area contributed by atoms with Crippen LogP contribution in [0.4, 0.5) is 0 Å². The van der Waals surface area contributed by atoms with Gasteiger partial charge < -0.3 is 10.1 Å². The van der Waals surface area contributed by atoms with Crippen LogP contribution in [-0.4, -0.2) is 61.6 Å². The molecule has 2 aromatic rings. The minimum absolute atomic E-state index is 0.110. The predicted octanol–water partition coefficient (Wildman–Crippen LogP) is 2.95. The zero-order chi connectivity index (χ0) is 20.3. The van der Waals surface area contributed by atoms with E-state index in [2.05, 4.69) is 45.4 Å². The fraction of sp³-hybridized carbons (Fsp3) is 0.458. The SMILES string of the molecule is CCOc1ccccc1CCC(=O)NCCN1CCN(Cc2ccccc2)CC1. The third-order valence-corrected chi connectivity index (χ3v) is 5.36. The molecule has 1 fully saturated rings. The first-order chi connectivity index (χ1) is 14.2. The van der Waals surface area contributed by atoms with E-state index in [1.54, 1.807) is 0 Å². The zero-order valence-electron chi connectivity index (χ0n) is 17.5. The zero-order valence-corrected chi connectivity index (χ0v) is 17.5. The largest absolute Gasteiger partial charge is 0.494 e. The number of para-hydroxylation sites is 1. The average molecular weight is 396 g/mol. The molecule has 0 atom stereocenters. The van der Waals surface area contributed by atoms with Crippen LogP contribution >= 0.6 is 0 Å². The summed E-state index contributed by atoms with van der Waals surface area (Å²) in [7, 11) is 0. The quantitative estimate of drug-likeness (QED) is 0.672. The normalized spacial score (nSPS) is 15.2. The first-order valence-corrected chi connectivity index (χ1v) is 10.7. The summed E-state index contributed by atoms with van der Waals surface area (Å²) in [5, 5.41) is 3.07. The third-order valence-electron chi connectivity index (χ3n) is 5.36. The Hall–Kier alpha value is -2.37. The van der Waals surface area contributed by atoms with Crippen molar-refractivity contribution in [3.63, 3.8) is 0 Å². The van der Waals surface area contributed by atoms with Crippen LogP contribution in [-0.2, 0) is 17.8 Å². The van der Waals surface area contributed by atoms with E-state index in [0.29, 0.717) is 26.0 Å². The number of nitrogens with zero attached hydrogens (tertiary/aromatic N) is 2. The van der Waals surface area contributed by atoms with Gasteiger partial charge in [0.15, 0.2) is 0 Å². The minimum Gasteiger partial charge on any atom is -0.494 e. The lowest BCUT2D eigenvalue weighted by atomic mass is 10.1. The maximum Gasteiger partial charge on any atom is 0.220 e. The van der Waals surface area contributed by atoms with Crippen molar-refractivity contribution in [3.05, 3.63) is 65.7 Å². The molecule has 5 nitrogen and oxygen atoms in total. The number of hydrogen-bond donors (Lipinski definition) is 1. The molecule has 3 rings (SSSR count). The highest BCUT2D eigenvalue weighted by Gasteiger charge is 2.16. The second kappa shape index (κ2) is 11.6. The Labute approximate surface area is 174 Å². The first-order valence-electron chi connectivity index (χ1n) is 10.7.